The number of fused-ring (bicyclic) bond motifs is 17. The molecule has 10 aromatic rings. The molecule has 1 aliphatic carbocycles. The lowest BCUT2D eigenvalue weighted by molar-refractivity contribution is 0.661. The molecular formula is C35H21N5O. The van der Waals surface area contributed by atoms with E-state index in [9.17, 15) is 0 Å². The molecule has 0 bridgehead atoms. The molecular weight excluding hydrogens is 506 g/mol. The lowest BCUT2D eigenvalue weighted by atomic mass is 9.82. The number of hydrogen-bond donors (Lipinski definition) is 0. The van der Waals surface area contributed by atoms with Crippen molar-refractivity contribution in [1.82, 2.24) is 23.2 Å². The normalized spacial score (nSPS) is 14.8. The van der Waals surface area contributed by atoms with Crippen LogP contribution in [0.1, 0.15) is 25.0 Å². The van der Waals surface area contributed by atoms with Gasteiger partial charge in [0.1, 0.15) is 16.6 Å². The van der Waals surface area contributed by atoms with Crippen molar-refractivity contribution < 1.29 is 4.42 Å². The van der Waals surface area contributed by atoms with Crippen molar-refractivity contribution in [2.75, 3.05) is 0 Å². The van der Waals surface area contributed by atoms with Crippen LogP contribution in [0.3, 0.4) is 0 Å². The zero-order valence-electron chi connectivity index (χ0n) is 22.3. The summed E-state index contributed by atoms with van der Waals surface area (Å²) >= 11 is 0. The minimum atomic E-state index is -0.0706. The number of hydrogen-bond acceptors (Lipinski definition) is 3. The van der Waals surface area contributed by atoms with Crippen molar-refractivity contribution >= 4 is 72.1 Å². The molecule has 1 aliphatic rings. The maximum absolute atomic E-state index is 6.37. The predicted molar refractivity (Wildman–Crippen MR) is 163 cm³/mol. The van der Waals surface area contributed by atoms with Gasteiger partial charge >= 0.3 is 0 Å². The van der Waals surface area contributed by atoms with Gasteiger partial charge in [0.25, 0.3) is 0 Å². The van der Waals surface area contributed by atoms with E-state index in [1.807, 2.05) is 12.1 Å². The van der Waals surface area contributed by atoms with Gasteiger partial charge in [-0.15, -0.1) is 0 Å². The van der Waals surface area contributed by atoms with Crippen molar-refractivity contribution in [2.24, 2.45) is 0 Å². The first-order valence-corrected chi connectivity index (χ1v) is 14.0. The van der Waals surface area contributed by atoms with E-state index in [0.717, 1.165) is 72.1 Å². The molecule has 11 rings (SSSR count). The molecule has 41 heavy (non-hydrogen) atoms. The summed E-state index contributed by atoms with van der Waals surface area (Å²) in [5.74, 6) is 1.73. The van der Waals surface area contributed by atoms with E-state index in [2.05, 4.69) is 106 Å². The first-order chi connectivity index (χ1) is 20.1. The average molecular weight is 528 g/mol. The van der Waals surface area contributed by atoms with E-state index in [1.54, 1.807) is 0 Å². The second-order valence-electron chi connectivity index (χ2n) is 11.9. The van der Waals surface area contributed by atoms with Gasteiger partial charge < -0.3 is 4.42 Å². The van der Waals surface area contributed by atoms with E-state index in [4.69, 9.17) is 14.4 Å². The highest BCUT2D eigenvalue weighted by molar-refractivity contribution is 6.15. The maximum atomic E-state index is 6.37. The number of nitrogens with zero attached hydrogens (tertiary/aromatic N) is 5. The highest BCUT2D eigenvalue weighted by Gasteiger charge is 2.36. The number of rotatable bonds is 0. The standard InChI is InChI=1S/C35H21N5O/c1-35(2)22-10-5-3-8-18(22)21-16-28-24(17-23(21)35)36-33-39(28)27-12-7-11-26-31(27)40(33)34-37-30-25(38(26)34)15-14-20-19-9-4-6-13-29(19)41-32(20)30/h3-17H,1-2H3. The summed E-state index contributed by atoms with van der Waals surface area (Å²) in [5.41, 5.74) is 14.4. The number of imidazole rings is 4. The first kappa shape index (κ1) is 20.5. The molecule has 192 valence electrons. The highest BCUT2D eigenvalue weighted by Crippen LogP contribution is 2.50. The summed E-state index contributed by atoms with van der Waals surface area (Å²) in [7, 11) is 0. The van der Waals surface area contributed by atoms with E-state index in [0.29, 0.717) is 0 Å². The van der Waals surface area contributed by atoms with Gasteiger partial charge in [0, 0.05) is 16.2 Å². The van der Waals surface area contributed by atoms with Crippen molar-refractivity contribution in [3.05, 3.63) is 102 Å². The summed E-state index contributed by atoms with van der Waals surface area (Å²) < 4.78 is 13.2. The molecule has 0 saturated heterocycles. The third kappa shape index (κ3) is 2.13. The zero-order chi connectivity index (χ0) is 26.8. The van der Waals surface area contributed by atoms with Crippen molar-refractivity contribution in [3.63, 3.8) is 0 Å². The van der Waals surface area contributed by atoms with Gasteiger partial charge in [0.15, 0.2) is 5.58 Å². The second-order valence-corrected chi connectivity index (χ2v) is 11.9. The van der Waals surface area contributed by atoms with Gasteiger partial charge in [-0.3, -0.25) is 8.80 Å². The van der Waals surface area contributed by atoms with Crippen LogP contribution in [0.25, 0.3) is 83.2 Å². The molecule has 0 N–H and O–H groups in total. The van der Waals surface area contributed by atoms with Crippen molar-refractivity contribution in [2.45, 2.75) is 19.3 Å². The van der Waals surface area contributed by atoms with Crippen LogP contribution < -0.4 is 0 Å². The van der Waals surface area contributed by atoms with Gasteiger partial charge in [0.2, 0.25) is 11.6 Å². The number of benzene rings is 5. The lowest BCUT2D eigenvalue weighted by Gasteiger charge is -2.21. The Kier molecular flexibility index (Phi) is 3.17. The van der Waals surface area contributed by atoms with Crippen molar-refractivity contribution in [3.8, 4) is 11.1 Å². The summed E-state index contributed by atoms with van der Waals surface area (Å²) in [6, 6.07) is 32.5. The van der Waals surface area contributed by atoms with E-state index in [1.165, 1.54) is 22.3 Å². The van der Waals surface area contributed by atoms with Gasteiger partial charge in [0.05, 0.1) is 27.6 Å². The molecule has 6 heteroatoms. The van der Waals surface area contributed by atoms with Crippen LogP contribution in [0.2, 0.25) is 0 Å². The Morgan fingerprint density at radius 1 is 0.610 bits per heavy atom. The Balaban J connectivity index is 1.31. The Morgan fingerprint density at radius 2 is 1.39 bits per heavy atom. The first-order valence-electron chi connectivity index (χ1n) is 14.0. The molecule has 0 atom stereocenters. The third-order valence-corrected chi connectivity index (χ3v) is 9.59. The second kappa shape index (κ2) is 6.34. The van der Waals surface area contributed by atoms with Gasteiger partial charge in [-0.05, 0) is 64.7 Å². The van der Waals surface area contributed by atoms with E-state index in [-0.39, 0.29) is 5.41 Å². The largest absolute Gasteiger partial charge is 0.454 e. The summed E-state index contributed by atoms with van der Waals surface area (Å²) in [6.45, 7) is 4.63. The van der Waals surface area contributed by atoms with E-state index >= 15 is 0 Å². The minimum absolute atomic E-state index is 0.0706. The minimum Gasteiger partial charge on any atom is -0.454 e. The molecule has 0 amide bonds. The molecule has 0 aliphatic heterocycles. The maximum Gasteiger partial charge on any atom is 0.223 e. The number of furan rings is 1. The lowest BCUT2D eigenvalue weighted by Crippen LogP contribution is -2.14. The molecule has 6 nitrogen and oxygen atoms in total. The Bertz CT molecular complexity index is 2780. The Labute approximate surface area is 232 Å². The van der Waals surface area contributed by atoms with Gasteiger partial charge in [-0.25, -0.2) is 14.4 Å². The van der Waals surface area contributed by atoms with Crippen LogP contribution in [0.4, 0.5) is 0 Å². The topological polar surface area (TPSA) is 52.2 Å². The Hall–Kier alpha value is -5.36. The SMILES string of the molecule is CC1(C)c2ccccc2-c2cc3c(cc21)nc1n3c2cccc3c2n1c1nc2c4oc5ccccc5c4ccc2n31. The van der Waals surface area contributed by atoms with Gasteiger partial charge in [-0.1, -0.05) is 62.4 Å². The van der Waals surface area contributed by atoms with Gasteiger partial charge in [-0.2, -0.15) is 0 Å². The smallest absolute Gasteiger partial charge is 0.223 e. The average Bonchev–Trinajstić information content (AvgIpc) is 3.79. The summed E-state index contributed by atoms with van der Waals surface area (Å²) in [5, 5.41) is 2.20. The van der Waals surface area contributed by atoms with E-state index < -0.39 is 0 Å². The fourth-order valence-electron chi connectivity index (χ4n) is 7.74. The molecule has 5 aromatic carbocycles. The monoisotopic (exact) mass is 527 g/mol. The van der Waals surface area contributed by atoms with Crippen LogP contribution in [0.15, 0.2) is 95.4 Å². The number of aromatic nitrogens is 5. The van der Waals surface area contributed by atoms with Crippen LogP contribution in [0.5, 0.6) is 0 Å². The fraction of sp³-hybridized carbons (Fsp3) is 0.0857. The molecule has 5 aromatic heterocycles. The van der Waals surface area contributed by atoms with Crippen LogP contribution >= 0.6 is 0 Å². The molecule has 0 unspecified atom stereocenters. The van der Waals surface area contributed by atoms with Crippen molar-refractivity contribution in [1.29, 1.82) is 0 Å². The molecule has 0 fully saturated rings. The summed E-state index contributed by atoms with van der Waals surface area (Å²) in [4.78, 5) is 10.5. The summed E-state index contributed by atoms with van der Waals surface area (Å²) in [6.07, 6.45) is 0. The van der Waals surface area contributed by atoms with Crippen LogP contribution in [0, 0.1) is 0 Å². The quantitative estimate of drug-likeness (QED) is 0.199. The third-order valence-electron chi connectivity index (χ3n) is 9.59. The molecule has 0 spiro atoms. The van der Waals surface area contributed by atoms with Crippen LogP contribution in [-0.2, 0) is 5.41 Å². The predicted octanol–water partition coefficient (Wildman–Crippen LogP) is 8.34. The molecule has 0 radical (unpaired) electrons. The Morgan fingerprint density at radius 3 is 2.29 bits per heavy atom. The molecule has 0 saturated carbocycles. The number of para-hydroxylation sites is 2. The zero-order valence-corrected chi connectivity index (χ0v) is 22.3. The highest BCUT2D eigenvalue weighted by atomic mass is 16.3. The van der Waals surface area contributed by atoms with Crippen LogP contribution in [-0.4, -0.2) is 23.2 Å². The molecule has 5 heterocycles. The fourth-order valence-corrected chi connectivity index (χ4v) is 7.74.